The molecule has 0 radical (unpaired) electrons. The molecule has 1 aliphatic heterocycles. The third-order valence-electron chi connectivity index (χ3n) is 2.63. The fourth-order valence-electron chi connectivity index (χ4n) is 1.85. The van der Waals surface area contributed by atoms with Crippen LogP contribution in [-0.2, 0) is 11.8 Å². The molecule has 1 amide bonds. The molecule has 5 heteroatoms. The highest BCUT2D eigenvalue weighted by atomic mass is 16.2. The fraction of sp³-hybridized carbons (Fsp3) is 0.600. The number of amides is 1. The van der Waals surface area contributed by atoms with Gasteiger partial charge in [0.1, 0.15) is 5.82 Å². The highest BCUT2D eigenvalue weighted by Crippen LogP contribution is 2.11. The number of anilines is 1. The molecular weight excluding hydrogens is 192 g/mol. The molecule has 1 aromatic rings. The van der Waals surface area contributed by atoms with Crippen molar-refractivity contribution in [3.63, 3.8) is 0 Å². The van der Waals surface area contributed by atoms with Crippen molar-refractivity contribution in [1.82, 2.24) is 15.1 Å². The van der Waals surface area contributed by atoms with Gasteiger partial charge in [0.2, 0.25) is 5.91 Å². The summed E-state index contributed by atoms with van der Waals surface area (Å²) in [6.45, 7) is 2.84. The van der Waals surface area contributed by atoms with Crippen molar-refractivity contribution >= 4 is 11.7 Å². The van der Waals surface area contributed by atoms with Crippen LogP contribution in [0.3, 0.4) is 0 Å². The maximum Gasteiger partial charge on any atom is 0.242 e. The number of rotatable bonds is 2. The van der Waals surface area contributed by atoms with Gasteiger partial charge in [0.15, 0.2) is 0 Å². The van der Waals surface area contributed by atoms with E-state index in [1.54, 1.807) is 4.68 Å². The number of nitrogens with zero attached hydrogens (tertiary/aromatic N) is 2. The zero-order valence-corrected chi connectivity index (χ0v) is 9.08. The Morgan fingerprint density at radius 1 is 1.73 bits per heavy atom. The van der Waals surface area contributed by atoms with Gasteiger partial charge in [0.25, 0.3) is 0 Å². The number of hydrogen-bond acceptors (Lipinski definition) is 3. The van der Waals surface area contributed by atoms with E-state index in [1.165, 1.54) is 0 Å². The van der Waals surface area contributed by atoms with Crippen LogP contribution in [0.4, 0.5) is 5.82 Å². The van der Waals surface area contributed by atoms with Gasteiger partial charge in [-0.05, 0) is 26.3 Å². The van der Waals surface area contributed by atoms with Crippen molar-refractivity contribution in [2.75, 3.05) is 11.9 Å². The molecular formula is C10H16N4O. The summed E-state index contributed by atoms with van der Waals surface area (Å²) in [6, 6.07) is 1.83. The zero-order valence-electron chi connectivity index (χ0n) is 9.08. The van der Waals surface area contributed by atoms with E-state index in [4.69, 9.17) is 0 Å². The predicted molar refractivity (Wildman–Crippen MR) is 57.6 cm³/mol. The number of aromatic nitrogens is 2. The van der Waals surface area contributed by atoms with Gasteiger partial charge in [-0.3, -0.25) is 9.48 Å². The fourth-order valence-corrected chi connectivity index (χ4v) is 1.85. The molecule has 0 aromatic carbocycles. The SMILES string of the molecule is Cc1cc(NC(=O)[C@@H]2CCCN2)n(C)n1. The lowest BCUT2D eigenvalue weighted by Crippen LogP contribution is -2.35. The molecule has 0 unspecified atom stereocenters. The molecule has 0 aliphatic carbocycles. The maximum absolute atomic E-state index is 11.8. The minimum atomic E-state index is -0.0415. The summed E-state index contributed by atoms with van der Waals surface area (Å²) in [7, 11) is 1.82. The van der Waals surface area contributed by atoms with Crippen LogP contribution in [0.1, 0.15) is 18.5 Å². The van der Waals surface area contributed by atoms with Gasteiger partial charge in [0, 0.05) is 13.1 Å². The lowest BCUT2D eigenvalue weighted by atomic mass is 10.2. The van der Waals surface area contributed by atoms with Crippen LogP contribution < -0.4 is 10.6 Å². The first-order valence-corrected chi connectivity index (χ1v) is 5.22. The van der Waals surface area contributed by atoms with Gasteiger partial charge < -0.3 is 10.6 Å². The second-order valence-corrected chi connectivity index (χ2v) is 3.93. The summed E-state index contributed by atoms with van der Waals surface area (Å²) in [4.78, 5) is 11.8. The number of aryl methyl sites for hydroxylation is 2. The first kappa shape index (κ1) is 10.2. The van der Waals surface area contributed by atoms with Gasteiger partial charge in [-0.1, -0.05) is 0 Å². The van der Waals surface area contributed by atoms with Gasteiger partial charge in [-0.2, -0.15) is 5.10 Å². The van der Waals surface area contributed by atoms with E-state index < -0.39 is 0 Å². The van der Waals surface area contributed by atoms with E-state index in [9.17, 15) is 4.79 Å². The Balaban J connectivity index is 2.01. The van der Waals surface area contributed by atoms with Crippen molar-refractivity contribution in [2.45, 2.75) is 25.8 Å². The second kappa shape index (κ2) is 4.02. The predicted octanol–water partition coefficient (Wildman–Crippen LogP) is 0.419. The average molecular weight is 208 g/mol. The van der Waals surface area contributed by atoms with Crippen molar-refractivity contribution < 1.29 is 4.79 Å². The van der Waals surface area contributed by atoms with Crippen LogP contribution in [0.2, 0.25) is 0 Å². The van der Waals surface area contributed by atoms with E-state index in [2.05, 4.69) is 15.7 Å². The number of carbonyl (C=O) groups excluding carboxylic acids is 1. The van der Waals surface area contributed by atoms with E-state index >= 15 is 0 Å². The van der Waals surface area contributed by atoms with Gasteiger partial charge in [-0.25, -0.2) is 0 Å². The smallest absolute Gasteiger partial charge is 0.242 e. The summed E-state index contributed by atoms with van der Waals surface area (Å²) in [5.74, 6) is 0.793. The zero-order chi connectivity index (χ0) is 10.8. The molecule has 0 bridgehead atoms. The van der Waals surface area contributed by atoms with Crippen LogP contribution in [0.15, 0.2) is 6.07 Å². The molecule has 1 atom stereocenters. The summed E-state index contributed by atoms with van der Waals surface area (Å²) >= 11 is 0. The Bertz CT molecular complexity index is 365. The Labute approximate surface area is 88.8 Å². The summed E-state index contributed by atoms with van der Waals surface area (Å²) < 4.78 is 1.68. The molecule has 2 heterocycles. The van der Waals surface area contributed by atoms with Crippen LogP contribution in [0, 0.1) is 6.92 Å². The summed E-state index contributed by atoms with van der Waals surface area (Å²) in [5, 5.41) is 10.2. The van der Waals surface area contributed by atoms with Crippen molar-refractivity contribution in [3.8, 4) is 0 Å². The normalized spacial score (nSPS) is 20.5. The Morgan fingerprint density at radius 2 is 2.53 bits per heavy atom. The van der Waals surface area contributed by atoms with Crippen LogP contribution >= 0.6 is 0 Å². The molecule has 82 valence electrons. The minimum absolute atomic E-state index is 0.0375. The number of hydrogen-bond donors (Lipinski definition) is 2. The first-order valence-electron chi connectivity index (χ1n) is 5.22. The molecule has 1 aromatic heterocycles. The Kier molecular flexibility index (Phi) is 2.73. The molecule has 1 aliphatic rings. The monoisotopic (exact) mass is 208 g/mol. The molecule has 1 saturated heterocycles. The highest BCUT2D eigenvalue weighted by Gasteiger charge is 2.22. The third-order valence-corrected chi connectivity index (χ3v) is 2.63. The van der Waals surface area contributed by atoms with E-state index in [0.29, 0.717) is 0 Å². The van der Waals surface area contributed by atoms with Crippen molar-refractivity contribution in [3.05, 3.63) is 11.8 Å². The number of carbonyl (C=O) groups is 1. The Hall–Kier alpha value is -1.36. The molecule has 2 N–H and O–H groups in total. The molecule has 15 heavy (non-hydrogen) atoms. The van der Waals surface area contributed by atoms with Gasteiger partial charge >= 0.3 is 0 Å². The van der Waals surface area contributed by atoms with Crippen molar-refractivity contribution in [2.24, 2.45) is 7.05 Å². The van der Waals surface area contributed by atoms with Crippen molar-refractivity contribution in [1.29, 1.82) is 0 Å². The van der Waals surface area contributed by atoms with Crippen LogP contribution in [-0.4, -0.2) is 28.3 Å². The lowest BCUT2D eigenvalue weighted by Gasteiger charge is -2.10. The largest absolute Gasteiger partial charge is 0.310 e. The summed E-state index contributed by atoms with van der Waals surface area (Å²) in [5.41, 5.74) is 0.909. The topological polar surface area (TPSA) is 59.0 Å². The number of nitrogens with one attached hydrogen (secondary N) is 2. The van der Waals surface area contributed by atoms with E-state index in [1.807, 2.05) is 20.0 Å². The quantitative estimate of drug-likeness (QED) is 0.740. The van der Waals surface area contributed by atoms with Gasteiger partial charge in [-0.15, -0.1) is 0 Å². The maximum atomic E-state index is 11.8. The van der Waals surface area contributed by atoms with Crippen LogP contribution in [0.25, 0.3) is 0 Å². The molecule has 2 rings (SSSR count). The summed E-state index contributed by atoms with van der Waals surface area (Å²) in [6.07, 6.45) is 1.99. The first-order chi connectivity index (χ1) is 7.16. The minimum Gasteiger partial charge on any atom is -0.310 e. The third kappa shape index (κ3) is 2.18. The molecule has 0 saturated carbocycles. The highest BCUT2D eigenvalue weighted by molar-refractivity contribution is 5.94. The van der Waals surface area contributed by atoms with Crippen LogP contribution in [0.5, 0.6) is 0 Å². The second-order valence-electron chi connectivity index (χ2n) is 3.93. The molecule has 5 nitrogen and oxygen atoms in total. The standard InChI is InChI=1S/C10H16N4O/c1-7-6-9(14(2)13-7)12-10(15)8-4-3-5-11-8/h6,8,11H,3-5H2,1-2H3,(H,12,15)/t8-/m0/s1. The van der Waals surface area contributed by atoms with Gasteiger partial charge in [0.05, 0.1) is 11.7 Å². The lowest BCUT2D eigenvalue weighted by molar-refractivity contribution is -0.117. The Morgan fingerprint density at radius 3 is 3.07 bits per heavy atom. The average Bonchev–Trinajstić information content (AvgIpc) is 2.76. The molecule has 1 fully saturated rings. The molecule has 0 spiro atoms. The van der Waals surface area contributed by atoms with E-state index in [-0.39, 0.29) is 11.9 Å². The van der Waals surface area contributed by atoms with E-state index in [0.717, 1.165) is 30.9 Å².